The lowest BCUT2D eigenvalue weighted by atomic mass is 9.85. The lowest BCUT2D eigenvalue weighted by Crippen LogP contribution is -2.37. The Labute approximate surface area is 195 Å². The van der Waals surface area contributed by atoms with Crippen LogP contribution >= 0.6 is 0 Å². The maximum atomic E-state index is 12.4. The van der Waals surface area contributed by atoms with Crippen molar-refractivity contribution in [2.24, 2.45) is 0 Å². The van der Waals surface area contributed by atoms with Crippen molar-refractivity contribution < 1.29 is 9.53 Å². The van der Waals surface area contributed by atoms with E-state index in [1.54, 1.807) is 0 Å². The van der Waals surface area contributed by atoms with Crippen molar-refractivity contribution in [1.29, 1.82) is 0 Å². The molecule has 0 aliphatic carbocycles. The van der Waals surface area contributed by atoms with Crippen LogP contribution in [0.15, 0.2) is 48.5 Å². The highest BCUT2D eigenvalue weighted by molar-refractivity contribution is 5.75. The molecule has 0 bridgehead atoms. The molecule has 0 aliphatic heterocycles. The van der Waals surface area contributed by atoms with Crippen LogP contribution in [-0.4, -0.2) is 55.0 Å². The zero-order valence-electron chi connectivity index (χ0n) is 21.1. The van der Waals surface area contributed by atoms with Crippen LogP contribution in [0.4, 0.5) is 0 Å². The van der Waals surface area contributed by atoms with Crippen LogP contribution in [0, 0.1) is 6.92 Å². The highest BCUT2D eigenvalue weighted by Gasteiger charge is 2.21. The Morgan fingerprint density at radius 1 is 0.938 bits per heavy atom. The van der Waals surface area contributed by atoms with Crippen LogP contribution in [0.2, 0.25) is 0 Å². The van der Waals surface area contributed by atoms with Crippen LogP contribution < -0.4 is 4.74 Å². The lowest BCUT2D eigenvalue weighted by molar-refractivity contribution is -0.135. The van der Waals surface area contributed by atoms with Crippen molar-refractivity contribution in [3.8, 4) is 5.75 Å². The summed E-state index contributed by atoms with van der Waals surface area (Å²) in [6.45, 7) is 12.6. The summed E-state index contributed by atoms with van der Waals surface area (Å²) < 4.78 is 5.83. The quantitative estimate of drug-likeness (QED) is 0.235. The molecule has 0 amide bonds. The molecule has 0 aromatic heterocycles. The number of carbonyl (C=O) groups excluding carboxylic acids is 1. The predicted octanol–water partition coefficient (Wildman–Crippen LogP) is 5.88. The summed E-state index contributed by atoms with van der Waals surface area (Å²) in [7, 11) is 3.75. The zero-order chi connectivity index (χ0) is 23.7. The van der Waals surface area contributed by atoms with Gasteiger partial charge in [-0.2, -0.15) is 0 Å². The Balaban J connectivity index is 2.24. The van der Waals surface area contributed by atoms with Gasteiger partial charge in [-0.15, -0.1) is 0 Å². The molecule has 0 spiro atoms. The minimum absolute atomic E-state index is 0.199. The van der Waals surface area contributed by atoms with Crippen LogP contribution in [0.5, 0.6) is 5.75 Å². The fraction of sp³-hybridized carbons (Fsp3) is 0.536. The summed E-state index contributed by atoms with van der Waals surface area (Å²) in [6, 6.07) is 17.9. The maximum Gasteiger partial charge on any atom is 0.325 e. The highest BCUT2D eigenvalue weighted by Crippen LogP contribution is 2.36. The smallest absolute Gasteiger partial charge is 0.325 e. The molecule has 0 radical (unpaired) electrons. The molecule has 4 heteroatoms. The van der Waals surface area contributed by atoms with Gasteiger partial charge < -0.3 is 4.74 Å². The third kappa shape index (κ3) is 8.07. The molecule has 2 aromatic rings. The molecule has 0 saturated heterocycles. The van der Waals surface area contributed by atoms with Crippen LogP contribution in [0.25, 0.3) is 0 Å². The number of nitrogens with zero attached hydrogens (tertiary/aromatic N) is 2. The van der Waals surface area contributed by atoms with E-state index in [2.05, 4.69) is 75.9 Å². The predicted molar refractivity (Wildman–Crippen MR) is 134 cm³/mol. The molecule has 0 heterocycles. The molecular formula is C28H42N2O2. The second-order valence-corrected chi connectivity index (χ2v) is 9.64. The fourth-order valence-corrected chi connectivity index (χ4v) is 4.39. The number of rotatable bonds is 12. The number of unbranched alkanes of at least 4 members (excludes halogenated alkanes) is 1. The Morgan fingerprint density at radius 2 is 1.59 bits per heavy atom. The van der Waals surface area contributed by atoms with E-state index in [1.165, 1.54) is 11.1 Å². The standard InChI is InChI=1S/C28H42N2O2/c1-21(2)30(22(3)4)18-12-11-15-25(24-13-9-8-10-14-24)26-19-23(5)16-17-27(26)32-28(31)20-29(6)7/h8-10,13-14,16-17,19,21-22,25H,11-12,15,18,20H2,1-7H3. The monoisotopic (exact) mass is 438 g/mol. The molecule has 1 unspecified atom stereocenters. The van der Waals surface area contributed by atoms with E-state index in [4.69, 9.17) is 4.74 Å². The topological polar surface area (TPSA) is 32.8 Å². The molecule has 2 aromatic carbocycles. The molecule has 4 nitrogen and oxygen atoms in total. The summed E-state index contributed by atoms with van der Waals surface area (Å²) in [5, 5.41) is 0. The molecule has 0 saturated carbocycles. The molecule has 0 N–H and O–H groups in total. The molecule has 32 heavy (non-hydrogen) atoms. The van der Waals surface area contributed by atoms with E-state index in [0.717, 1.165) is 31.4 Å². The molecule has 0 aliphatic rings. The molecule has 0 fully saturated rings. The molecule has 176 valence electrons. The van der Waals surface area contributed by atoms with Gasteiger partial charge in [0.15, 0.2) is 0 Å². The van der Waals surface area contributed by atoms with Crippen LogP contribution in [0.1, 0.15) is 69.6 Å². The second-order valence-electron chi connectivity index (χ2n) is 9.64. The van der Waals surface area contributed by atoms with Gasteiger partial charge in [0.05, 0.1) is 6.54 Å². The minimum Gasteiger partial charge on any atom is -0.425 e. The number of esters is 1. The first kappa shape index (κ1) is 26.1. The Morgan fingerprint density at radius 3 is 2.19 bits per heavy atom. The number of carbonyl (C=O) groups is 1. The number of aryl methyl sites for hydroxylation is 1. The fourth-order valence-electron chi connectivity index (χ4n) is 4.39. The van der Waals surface area contributed by atoms with Gasteiger partial charge in [0, 0.05) is 23.6 Å². The lowest BCUT2D eigenvalue weighted by Gasteiger charge is -2.30. The van der Waals surface area contributed by atoms with Gasteiger partial charge in [-0.05, 0) is 79.7 Å². The summed E-state index contributed by atoms with van der Waals surface area (Å²) >= 11 is 0. The van der Waals surface area contributed by atoms with Crippen LogP contribution in [-0.2, 0) is 4.79 Å². The number of hydrogen-bond donors (Lipinski definition) is 0. The zero-order valence-corrected chi connectivity index (χ0v) is 21.1. The first-order valence-electron chi connectivity index (χ1n) is 12.0. The minimum atomic E-state index is -0.226. The number of ether oxygens (including phenoxy) is 1. The van der Waals surface area contributed by atoms with Crippen molar-refractivity contribution in [1.82, 2.24) is 9.80 Å². The number of hydrogen-bond acceptors (Lipinski definition) is 4. The first-order chi connectivity index (χ1) is 15.2. The first-order valence-corrected chi connectivity index (χ1v) is 12.0. The molecule has 2 rings (SSSR count). The van der Waals surface area contributed by atoms with Crippen molar-refractivity contribution >= 4 is 5.97 Å². The largest absolute Gasteiger partial charge is 0.425 e. The second kappa shape index (κ2) is 12.8. The molecule has 1 atom stereocenters. The van der Waals surface area contributed by atoms with Gasteiger partial charge in [-0.1, -0.05) is 54.4 Å². The third-order valence-corrected chi connectivity index (χ3v) is 5.90. The van der Waals surface area contributed by atoms with Gasteiger partial charge in [0.2, 0.25) is 0 Å². The Bertz CT molecular complexity index is 823. The van der Waals surface area contributed by atoms with E-state index in [1.807, 2.05) is 31.1 Å². The van der Waals surface area contributed by atoms with Gasteiger partial charge in [-0.3, -0.25) is 14.6 Å². The summed E-state index contributed by atoms with van der Waals surface area (Å²) in [5.41, 5.74) is 3.56. The summed E-state index contributed by atoms with van der Waals surface area (Å²) in [5.74, 6) is 0.656. The number of benzene rings is 2. The molecular weight excluding hydrogens is 396 g/mol. The van der Waals surface area contributed by atoms with E-state index >= 15 is 0 Å². The maximum absolute atomic E-state index is 12.4. The Hall–Kier alpha value is -2.17. The number of likely N-dealkylation sites (N-methyl/N-ethyl adjacent to an activating group) is 1. The van der Waals surface area contributed by atoms with Crippen molar-refractivity contribution in [2.75, 3.05) is 27.2 Å². The van der Waals surface area contributed by atoms with E-state index < -0.39 is 0 Å². The van der Waals surface area contributed by atoms with E-state index in [-0.39, 0.29) is 18.4 Å². The van der Waals surface area contributed by atoms with Crippen molar-refractivity contribution in [3.63, 3.8) is 0 Å². The van der Waals surface area contributed by atoms with E-state index in [9.17, 15) is 4.79 Å². The normalized spacial score (nSPS) is 12.7. The SMILES string of the molecule is Cc1ccc(OC(=O)CN(C)C)c(C(CCCCN(C(C)C)C(C)C)c2ccccc2)c1. The third-order valence-electron chi connectivity index (χ3n) is 5.90. The van der Waals surface area contributed by atoms with Crippen molar-refractivity contribution in [3.05, 3.63) is 65.2 Å². The van der Waals surface area contributed by atoms with Gasteiger partial charge in [-0.25, -0.2) is 0 Å². The van der Waals surface area contributed by atoms with Gasteiger partial charge in [0.1, 0.15) is 5.75 Å². The average molecular weight is 439 g/mol. The Kier molecular flexibility index (Phi) is 10.4. The average Bonchev–Trinajstić information content (AvgIpc) is 2.71. The van der Waals surface area contributed by atoms with Gasteiger partial charge >= 0.3 is 5.97 Å². The summed E-state index contributed by atoms with van der Waals surface area (Å²) in [4.78, 5) is 16.8. The summed E-state index contributed by atoms with van der Waals surface area (Å²) in [6.07, 6.45) is 3.30. The van der Waals surface area contributed by atoms with Crippen molar-refractivity contribution in [2.45, 2.75) is 71.9 Å². The highest BCUT2D eigenvalue weighted by atomic mass is 16.5. The van der Waals surface area contributed by atoms with Crippen LogP contribution in [0.3, 0.4) is 0 Å². The van der Waals surface area contributed by atoms with E-state index in [0.29, 0.717) is 17.8 Å². The van der Waals surface area contributed by atoms with Gasteiger partial charge in [0.25, 0.3) is 0 Å².